The molecule has 7 heteroatoms. The maximum Gasteiger partial charge on any atom is 0.272 e. The van der Waals surface area contributed by atoms with Crippen molar-refractivity contribution >= 4 is 28.9 Å². The highest BCUT2D eigenvalue weighted by atomic mass is 16.3. The van der Waals surface area contributed by atoms with Crippen LogP contribution in [0.2, 0.25) is 0 Å². The molecule has 0 radical (unpaired) electrons. The Bertz CT molecular complexity index is 804. The minimum atomic E-state index is -0.725. The molecular formula is C17H16N4O3. The number of amides is 2. The quantitative estimate of drug-likeness (QED) is 0.740. The normalized spacial score (nSPS) is 16.6. The molecule has 2 amide bonds. The van der Waals surface area contributed by atoms with Crippen molar-refractivity contribution in [2.75, 3.05) is 10.3 Å². The molecule has 122 valence electrons. The molecule has 1 aliphatic heterocycles. The number of anilines is 2. The first-order chi connectivity index (χ1) is 11.6. The lowest BCUT2D eigenvalue weighted by Gasteiger charge is -2.20. The van der Waals surface area contributed by atoms with Gasteiger partial charge in [0.1, 0.15) is 17.5 Å². The van der Waals surface area contributed by atoms with Crippen molar-refractivity contribution in [3.63, 3.8) is 0 Å². The highest BCUT2D eigenvalue weighted by Gasteiger charge is 2.35. The molecule has 1 unspecified atom stereocenters. The molecule has 1 aliphatic rings. The third kappa shape index (κ3) is 3.05. The third-order valence-corrected chi connectivity index (χ3v) is 3.67. The van der Waals surface area contributed by atoms with Gasteiger partial charge >= 0.3 is 0 Å². The van der Waals surface area contributed by atoms with Gasteiger partial charge in [-0.15, -0.1) is 0 Å². The molecule has 3 rings (SSSR count). The molecule has 1 heterocycles. The molecule has 0 spiro atoms. The van der Waals surface area contributed by atoms with E-state index in [9.17, 15) is 14.7 Å². The lowest BCUT2D eigenvalue weighted by Crippen LogP contribution is -2.39. The van der Waals surface area contributed by atoms with Crippen LogP contribution in [0.3, 0.4) is 0 Å². The number of nitrogens with one attached hydrogen (secondary N) is 1. The summed E-state index contributed by atoms with van der Waals surface area (Å²) in [5.41, 5.74) is 6.56. The SMILES string of the molecule is NC(=O)C1CC(C(=O)Nc2ccccc2O)=NN1c1ccccc1. The van der Waals surface area contributed by atoms with Gasteiger partial charge < -0.3 is 16.2 Å². The van der Waals surface area contributed by atoms with Crippen LogP contribution in [0.25, 0.3) is 0 Å². The van der Waals surface area contributed by atoms with E-state index in [1.165, 1.54) is 11.1 Å². The second-order valence-electron chi connectivity index (χ2n) is 5.32. The topological polar surface area (TPSA) is 108 Å². The van der Waals surface area contributed by atoms with Gasteiger partial charge in [0.05, 0.1) is 11.4 Å². The highest BCUT2D eigenvalue weighted by molar-refractivity contribution is 6.44. The highest BCUT2D eigenvalue weighted by Crippen LogP contribution is 2.26. The number of carbonyl (C=O) groups excluding carboxylic acids is 2. The van der Waals surface area contributed by atoms with Crippen molar-refractivity contribution in [1.29, 1.82) is 0 Å². The van der Waals surface area contributed by atoms with E-state index in [1.54, 1.807) is 30.3 Å². The number of para-hydroxylation sites is 3. The molecule has 2 aromatic carbocycles. The van der Waals surface area contributed by atoms with Crippen LogP contribution < -0.4 is 16.1 Å². The van der Waals surface area contributed by atoms with E-state index in [4.69, 9.17) is 5.73 Å². The first-order valence-electron chi connectivity index (χ1n) is 7.36. The van der Waals surface area contributed by atoms with Crippen LogP contribution in [0.15, 0.2) is 59.7 Å². The largest absolute Gasteiger partial charge is 0.506 e. The van der Waals surface area contributed by atoms with Crippen LogP contribution in [0.1, 0.15) is 6.42 Å². The van der Waals surface area contributed by atoms with Crippen LogP contribution in [0, 0.1) is 0 Å². The lowest BCUT2D eigenvalue weighted by molar-refractivity contribution is -0.119. The second kappa shape index (κ2) is 6.41. The number of phenols is 1. The van der Waals surface area contributed by atoms with E-state index in [0.29, 0.717) is 5.69 Å². The average molecular weight is 324 g/mol. The fourth-order valence-electron chi connectivity index (χ4n) is 2.46. The Morgan fingerprint density at radius 3 is 2.46 bits per heavy atom. The molecular weight excluding hydrogens is 308 g/mol. The maximum atomic E-state index is 12.4. The summed E-state index contributed by atoms with van der Waals surface area (Å²) in [6, 6.07) is 14.7. The minimum Gasteiger partial charge on any atom is -0.506 e. The Hall–Kier alpha value is -3.35. The number of nitrogens with zero attached hydrogens (tertiary/aromatic N) is 2. The summed E-state index contributed by atoms with van der Waals surface area (Å²) in [6.07, 6.45) is 0.101. The van der Waals surface area contributed by atoms with Gasteiger partial charge in [-0.2, -0.15) is 5.10 Å². The van der Waals surface area contributed by atoms with Crippen LogP contribution in [-0.4, -0.2) is 28.7 Å². The number of hydrogen-bond donors (Lipinski definition) is 3. The standard InChI is InChI=1S/C17H16N4O3/c18-16(23)14-10-13(20-21(14)11-6-2-1-3-7-11)17(24)19-12-8-4-5-9-15(12)22/h1-9,14,22H,10H2,(H2,18,23)(H,19,24). The molecule has 2 aromatic rings. The molecule has 0 aromatic heterocycles. The maximum absolute atomic E-state index is 12.4. The Kier molecular flexibility index (Phi) is 4.15. The number of aromatic hydroxyl groups is 1. The Balaban J connectivity index is 1.84. The number of primary amides is 1. The summed E-state index contributed by atoms with van der Waals surface area (Å²) in [5, 5.41) is 18.0. The zero-order valence-corrected chi connectivity index (χ0v) is 12.7. The van der Waals surface area contributed by atoms with E-state index in [0.717, 1.165) is 0 Å². The van der Waals surface area contributed by atoms with Crippen molar-refractivity contribution in [3.05, 3.63) is 54.6 Å². The van der Waals surface area contributed by atoms with Crippen molar-refractivity contribution in [3.8, 4) is 5.75 Å². The number of nitrogens with two attached hydrogens (primary N) is 1. The summed E-state index contributed by atoms with van der Waals surface area (Å²) in [7, 11) is 0. The zero-order valence-electron chi connectivity index (χ0n) is 12.7. The van der Waals surface area contributed by atoms with Crippen LogP contribution in [-0.2, 0) is 9.59 Å². The Labute approximate surface area is 138 Å². The number of phenolic OH excluding ortho intramolecular Hbond substituents is 1. The van der Waals surface area contributed by atoms with E-state index in [2.05, 4.69) is 10.4 Å². The fraction of sp³-hybridized carbons (Fsp3) is 0.118. The fourth-order valence-corrected chi connectivity index (χ4v) is 2.46. The van der Waals surface area contributed by atoms with Crippen molar-refractivity contribution in [1.82, 2.24) is 0 Å². The van der Waals surface area contributed by atoms with Crippen LogP contribution in [0.4, 0.5) is 11.4 Å². The van der Waals surface area contributed by atoms with Gasteiger partial charge in [0.15, 0.2) is 0 Å². The minimum absolute atomic E-state index is 0.0455. The summed E-state index contributed by atoms with van der Waals surface area (Å²) >= 11 is 0. The Morgan fingerprint density at radius 2 is 1.79 bits per heavy atom. The lowest BCUT2D eigenvalue weighted by atomic mass is 10.1. The summed E-state index contributed by atoms with van der Waals surface area (Å²) in [6.45, 7) is 0. The molecule has 0 saturated carbocycles. The number of benzene rings is 2. The molecule has 0 saturated heterocycles. The molecule has 0 bridgehead atoms. The van der Waals surface area contributed by atoms with Crippen molar-refractivity contribution < 1.29 is 14.7 Å². The van der Waals surface area contributed by atoms with E-state index >= 15 is 0 Å². The van der Waals surface area contributed by atoms with Gasteiger partial charge in [0, 0.05) is 6.42 Å². The number of hydrazone groups is 1. The van der Waals surface area contributed by atoms with Gasteiger partial charge in [-0.3, -0.25) is 14.6 Å². The van der Waals surface area contributed by atoms with Crippen LogP contribution >= 0.6 is 0 Å². The molecule has 1 atom stereocenters. The predicted octanol–water partition coefficient (Wildman–Crippen LogP) is 1.45. The predicted molar refractivity (Wildman–Crippen MR) is 90.7 cm³/mol. The number of hydrogen-bond acceptors (Lipinski definition) is 5. The Morgan fingerprint density at radius 1 is 1.12 bits per heavy atom. The van der Waals surface area contributed by atoms with Gasteiger partial charge in [0.25, 0.3) is 5.91 Å². The molecule has 4 N–H and O–H groups in total. The molecule has 0 fully saturated rings. The van der Waals surface area contributed by atoms with Gasteiger partial charge in [-0.05, 0) is 24.3 Å². The van der Waals surface area contributed by atoms with E-state index in [-0.39, 0.29) is 23.6 Å². The summed E-state index contributed by atoms with van der Waals surface area (Å²) < 4.78 is 0. The first kappa shape index (κ1) is 15.5. The number of carbonyl (C=O) groups is 2. The molecule has 24 heavy (non-hydrogen) atoms. The summed E-state index contributed by atoms with van der Waals surface area (Å²) in [5.74, 6) is -1.09. The van der Waals surface area contributed by atoms with Gasteiger partial charge in [0.2, 0.25) is 5.91 Å². The monoisotopic (exact) mass is 324 g/mol. The smallest absolute Gasteiger partial charge is 0.272 e. The number of rotatable bonds is 4. The van der Waals surface area contributed by atoms with Crippen molar-refractivity contribution in [2.24, 2.45) is 10.8 Å². The third-order valence-electron chi connectivity index (χ3n) is 3.67. The van der Waals surface area contributed by atoms with Gasteiger partial charge in [-0.25, -0.2) is 0 Å². The second-order valence-corrected chi connectivity index (χ2v) is 5.32. The van der Waals surface area contributed by atoms with Crippen molar-refractivity contribution in [2.45, 2.75) is 12.5 Å². The zero-order chi connectivity index (χ0) is 17.1. The molecule has 7 nitrogen and oxygen atoms in total. The van der Waals surface area contributed by atoms with E-state index in [1.807, 2.05) is 18.2 Å². The van der Waals surface area contributed by atoms with Crippen LogP contribution in [0.5, 0.6) is 5.75 Å². The van der Waals surface area contributed by atoms with E-state index < -0.39 is 17.9 Å². The first-order valence-corrected chi connectivity index (χ1v) is 7.36. The molecule has 0 aliphatic carbocycles. The van der Waals surface area contributed by atoms with Gasteiger partial charge in [-0.1, -0.05) is 30.3 Å². The average Bonchev–Trinajstić information content (AvgIpc) is 3.03. The summed E-state index contributed by atoms with van der Waals surface area (Å²) in [4.78, 5) is 24.1.